The van der Waals surface area contributed by atoms with E-state index in [1.165, 1.54) is 5.56 Å². The zero-order chi connectivity index (χ0) is 19.7. The summed E-state index contributed by atoms with van der Waals surface area (Å²) < 4.78 is 10.6. The fraction of sp³-hybridized carbons (Fsp3) is 0.364. The van der Waals surface area contributed by atoms with Crippen LogP contribution in [0.2, 0.25) is 0 Å². The van der Waals surface area contributed by atoms with Crippen molar-refractivity contribution >= 4 is 11.8 Å². The van der Waals surface area contributed by atoms with E-state index in [-0.39, 0.29) is 18.6 Å². The quantitative estimate of drug-likeness (QED) is 0.821. The first-order valence-corrected chi connectivity index (χ1v) is 9.61. The molecule has 0 atom stereocenters. The van der Waals surface area contributed by atoms with E-state index in [1.54, 1.807) is 23.1 Å². The van der Waals surface area contributed by atoms with E-state index in [4.69, 9.17) is 9.47 Å². The zero-order valence-electron chi connectivity index (χ0n) is 16.2. The maximum atomic E-state index is 12.8. The van der Waals surface area contributed by atoms with E-state index in [0.29, 0.717) is 54.7 Å². The van der Waals surface area contributed by atoms with Crippen LogP contribution in [0.1, 0.15) is 46.0 Å². The summed E-state index contributed by atoms with van der Waals surface area (Å²) >= 11 is 0. The van der Waals surface area contributed by atoms with Crippen LogP contribution in [0.25, 0.3) is 0 Å². The molecule has 0 bridgehead atoms. The molecule has 2 amide bonds. The highest BCUT2D eigenvalue weighted by atomic mass is 16.7. The van der Waals surface area contributed by atoms with Crippen molar-refractivity contribution in [2.45, 2.75) is 19.8 Å². The van der Waals surface area contributed by atoms with Crippen molar-refractivity contribution in [2.75, 3.05) is 33.0 Å². The van der Waals surface area contributed by atoms with Gasteiger partial charge in [0.25, 0.3) is 11.8 Å². The summed E-state index contributed by atoms with van der Waals surface area (Å²) in [5, 5.41) is 0. The Morgan fingerprint density at radius 3 is 1.93 bits per heavy atom. The maximum Gasteiger partial charge on any atom is 0.254 e. The van der Waals surface area contributed by atoms with Crippen molar-refractivity contribution in [3.05, 3.63) is 59.2 Å². The van der Waals surface area contributed by atoms with E-state index in [9.17, 15) is 9.59 Å². The second kappa shape index (κ2) is 7.54. The SMILES string of the molecule is CC(C)c1ccc(C(=O)N2CCN(C(=O)c3ccc4c(c3)OCO4)CC2)cc1. The number of nitrogens with zero attached hydrogens (tertiary/aromatic N) is 2. The average molecular weight is 380 g/mol. The fourth-order valence-corrected chi connectivity index (χ4v) is 3.52. The number of benzene rings is 2. The molecule has 0 N–H and O–H groups in total. The van der Waals surface area contributed by atoms with Gasteiger partial charge in [0.15, 0.2) is 11.5 Å². The molecular weight excluding hydrogens is 356 g/mol. The molecule has 28 heavy (non-hydrogen) atoms. The van der Waals surface area contributed by atoms with Crippen LogP contribution < -0.4 is 9.47 Å². The molecule has 0 aliphatic carbocycles. The van der Waals surface area contributed by atoms with Crippen molar-refractivity contribution in [3.8, 4) is 11.5 Å². The lowest BCUT2D eigenvalue weighted by Gasteiger charge is -2.35. The number of hydrogen-bond acceptors (Lipinski definition) is 4. The first-order chi connectivity index (χ1) is 13.5. The Labute approximate surface area is 164 Å². The number of piperazine rings is 1. The van der Waals surface area contributed by atoms with E-state index in [0.717, 1.165) is 0 Å². The third-order valence-electron chi connectivity index (χ3n) is 5.30. The Bertz CT molecular complexity index is 884. The topological polar surface area (TPSA) is 59.1 Å². The van der Waals surface area contributed by atoms with Gasteiger partial charge >= 0.3 is 0 Å². The van der Waals surface area contributed by atoms with Crippen LogP contribution in [-0.2, 0) is 0 Å². The summed E-state index contributed by atoms with van der Waals surface area (Å²) in [6, 6.07) is 13.0. The van der Waals surface area contributed by atoms with E-state index in [1.807, 2.05) is 29.2 Å². The predicted molar refractivity (Wildman–Crippen MR) is 105 cm³/mol. The van der Waals surface area contributed by atoms with Gasteiger partial charge in [-0.1, -0.05) is 26.0 Å². The van der Waals surface area contributed by atoms with Crippen molar-refractivity contribution in [1.82, 2.24) is 9.80 Å². The second-order valence-electron chi connectivity index (χ2n) is 7.43. The van der Waals surface area contributed by atoms with Crippen molar-refractivity contribution < 1.29 is 19.1 Å². The van der Waals surface area contributed by atoms with Crippen molar-refractivity contribution in [1.29, 1.82) is 0 Å². The minimum atomic E-state index is -0.0494. The molecule has 0 saturated carbocycles. The van der Waals surface area contributed by atoms with Gasteiger partial charge in [0, 0.05) is 37.3 Å². The van der Waals surface area contributed by atoms with Gasteiger partial charge in [-0.15, -0.1) is 0 Å². The molecule has 6 nitrogen and oxygen atoms in total. The van der Waals surface area contributed by atoms with Gasteiger partial charge in [-0.3, -0.25) is 9.59 Å². The van der Waals surface area contributed by atoms with Gasteiger partial charge in [-0.05, 0) is 41.8 Å². The lowest BCUT2D eigenvalue weighted by Crippen LogP contribution is -2.50. The van der Waals surface area contributed by atoms with Crippen molar-refractivity contribution in [3.63, 3.8) is 0 Å². The van der Waals surface area contributed by atoms with E-state index < -0.39 is 0 Å². The minimum absolute atomic E-state index is 0.0190. The van der Waals surface area contributed by atoms with Crippen LogP contribution >= 0.6 is 0 Å². The molecule has 2 aromatic carbocycles. The molecule has 0 radical (unpaired) electrons. The lowest BCUT2D eigenvalue weighted by molar-refractivity contribution is 0.0535. The van der Waals surface area contributed by atoms with Gasteiger partial charge in [0.2, 0.25) is 6.79 Å². The lowest BCUT2D eigenvalue weighted by atomic mass is 10.0. The third-order valence-corrected chi connectivity index (χ3v) is 5.30. The van der Waals surface area contributed by atoms with Crippen LogP contribution in [0.5, 0.6) is 11.5 Å². The normalized spacial score (nSPS) is 15.8. The standard InChI is InChI=1S/C22H24N2O4/c1-15(2)16-3-5-17(6-4-16)21(25)23-9-11-24(12-10-23)22(26)18-7-8-19-20(13-18)28-14-27-19/h3-8,13,15H,9-12,14H2,1-2H3. The Hall–Kier alpha value is -3.02. The highest BCUT2D eigenvalue weighted by Crippen LogP contribution is 2.32. The number of carbonyl (C=O) groups excluding carboxylic acids is 2. The molecular formula is C22H24N2O4. The second-order valence-corrected chi connectivity index (χ2v) is 7.43. The fourth-order valence-electron chi connectivity index (χ4n) is 3.52. The molecule has 146 valence electrons. The van der Waals surface area contributed by atoms with Gasteiger partial charge in [-0.25, -0.2) is 0 Å². The smallest absolute Gasteiger partial charge is 0.254 e. The first-order valence-electron chi connectivity index (χ1n) is 9.61. The number of hydrogen-bond donors (Lipinski definition) is 0. The van der Waals surface area contributed by atoms with Crippen LogP contribution in [0, 0.1) is 0 Å². The largest absolute Gasteiger partial charge is 0.454 e. The Morgan fingerprint density at radius 2 is 1.32 bits per heavy atom. The average Bonchev–Trinajstić information content (AvgIpc) is 3.21. The first kappa shape index (κ1) is 18.3. The summed E-state index contributed by atoms with van der Waals surface area (Å²) in [5.74, 6) is 1.67. The monoisotopic (exact) mass is 380 g/mol. The number of ether oxygens (including phenoxy) is 2. The number of carbonyl (C=O) groups is 2. The van der Waals surface area contributed by atoms with Crippen LogP contribution in [0.15, 0.2) is 42.5 Å². The Balaban J connectivity index is 1.37. The summed E-state index contributed by atoms with van der Waals surface area (Å²) in [6.07, 6.45) is 0. The molecule has 0 unspecified atom stereocenters. The predicted octanol–water partition coefficient (Wildman–Crippen LogP) is 3.14. The Kier molecular flexibility index (Phi) is 4.94. The highest BCUT2D eigenvalue weighted by Gasteiger charge is 2.26. The number of rotatable bonds is 3. The molecule has 2 aliphatic rings. The number of amides is 2. The minimum Gasteiger partial charge on any atom is -0.454 e. The maximum absolute atomic E-state index is 12.8. The Morgan fingerprint density at radius 1 is 0.786 bits per heavy atom. The molecule has 0 spiro atoms. The highest BCUT2D eigenvalue weighted by molar-refractivity contribution is 5.96. The summed E-state index contributed by atoms with van der Waals surface area (Å²) in [4.78, 5) is 29.1. The van der Waals surface area contributed by atoms with Gasteiger partial charge < -0.3 is 19.3 Å². The molecule has 1 fully saturated rings. The zero-order valence-corrected chi connectivity index (χ0v) is 16.2. The molecule has 6 heteroatoms. The summed E-state index contributed by atoms with van der Waals surface area (Å²) in [5.41, 5.74) is 2.49. The molecule has 2 aliphatic heterocycles. The van der Waals surface area contributed by atoms with Crippen molar-refractivity contribution in [2.24, 2.45) is 0 Å². The molecule has 2 aromatic rings. The van der Waals surface area contributed by atoms with Gasteiger partial charge in [0.05, 0.1) is 0 Å². The van der Waals surface area contributed by atoms with Crippen LogP contribution in [0.3, 0.4) is 0 Å². The van der Waals surface area contributed by atoms with E-state index in [2.05, 4.69) is 13.8 Å². The van der Waals surface area contributed by atoms with Crippen LogP contribution in [-0.4, -0.2) is 54.6 Å². The summed E-state index contributed by atoms with van der Waals surface area (Å²) in [6.45, 7) is 6.54. The van der Waals surface area contributed by atoms with Gasteiger partial charge in [-0.2, -0.15) is 0 Å². The van der Waals surface area contributed by atoms with E-state index >= 15 is 0 Å². The molecule has 4 rings (SSSR count). The van der Waals surface area contributed by atoms with Crippen LogP contribution in [0.4, 0.5) is 0 Å². The molecule has 1 saturated heterocycles. The third kappa shape index (κ3) is 3.54. The summed E-state index contributed by atoms with van der Waals surface area (Å²) in [7, 11) is 0. The molecule has 2 heterocycles. The van der Waals surface area contributed by atoms with Gasteiger partial charge in [0.1, 0.15) is 0 Å². The molecule has 0 aromatic heterocycles. The number of fused-ring (bicyclic) bond motifs is 1.